The molecule has 4 nitrogen and oxygen atoms in total. The topological polar surface area (TPSA) is 46.1 Å². The van der Waals surface area contributed by atoms with Crippen molar-refractivity contribution in [3.05, 3.63) is 23.0 Å². The van der Waals surface area contributed by atoms with E-state index in [1.54, 1.807) is 0 Å². The van der Waals surface area contributed by atoms with Gasteiger partial charge < -0.3 is 15.2 Å². The Balaban J connectivity index is 0.00000200. The summed E-state index contributed by atoms with van der Waals surface area (Å²) in [6, 6.07) is 1.99. The first-order valence-electron chi connectivity index (χ1n) is 7.29. The van der Waals surface area contributed by atoms with E-state index in [1.165, 1.54) is 12.8 Å². The molecule has 0 aliphatic carbocycles. The summed E-state index contributed by atoms with van der Waals surface area (Å²) in [6.45, 7) is 10.0. The lowest BCUT2D eigenvalue weighted by molar-refractivity contribution is 0.0944. The van der Waals surface area contributed by atoms with Crippen LogP contribution in [0, 0.1) is 19.8 Å². The van der Waals surface area contributed by atoms with Gasteiger partial charge in [0.25, 0.3) is 5.91 Å². The van der Waals surface area contributed by atoms with Gasteiger partial charge in [0.1, 0.15) is 0 Å². The Morgan fingerprint density at radius 2 is 2.25 bits per heavy atom. The van der Waals surface area contributed by atoms with Crippen molar-refractivity contribution >= 4 is 18.3 Å². The van der Waals surface area contributed by atoms with Gasteiger partial charge in [-0.25, -0.2) is 0 Å². The summed E-state index contributed by atoms with van der Waals surface area (Å²) in [4.78, 5) is 12.2. The van der Waals surface area contributed by atoms with Crippen LogP contribution in [0.25, 0.3) is 0 Å². The van der Waals surface area contributed by atoms with Crippen molar-refractivity contribution in [1.29, 1.82) is 0 Å². The molecule has 20 heavy (non-hydrogen) atoms. The SMILES string of the molecule is CCn1c(C)cc(C(=O)NCC2CCCNC2)c1C.Cl. The number of aryl methyl sites for hydroxylation is 1. The first kappa shape index (κ1) is 17.1. The molecule has 1 aromatic rings. The maximum absolute atomic E-state index is 12.2. The second-order valence-corrected chi connectivity index (χ2v) is 5.45. The van der Waals surface area contributed by atoms with Gasteiger partial charge >= 0.3 is 0 Å². The average Bonchev–Trinajstić information content (AvgIpc) is 2.72. The quantitative estimate of drug-likeness (QED) is 0.896. The minimum absolute atomic E-state index is 0. The molecule has 2 N–H and O–H groups in total. The molecular formula is C15H26ClN3O. The molecule has 0 saturated carbocycles. The van der Waals surface area contributed by atoms with E-state index in [4.69, 9.17) is 0 Å². The number of aromatic nitrogens is 1. The van der Waals surface area contributed by atoms with E-state index in [9.17, 15) is 4.79 Å². The van der Waals surface area contributed by atoms with Crippen LogP contribution in [0.3, 0.4) is 0 Å². The van der Waals surface area contributed by atoms with E-state index >= 15 is 0 Å². The number of carbonyl (C=O) groups excluding carboxylic acids is 1. The molecule has 1 aromatic heterocycles. The molecule has 1 aliphatic heterocycles. The fourth-order valence-corrected chi connectivity index (χ4v) is 2.95. The van der Waals surface area contributed by atoms with Crippen LogP contribution in [-0.4, -0.2) is 30.1 Å². The minimum Gasteiger partial charge on any atom is -0.352 e. The summed E-state index contributed by atoms with van der Waals surface area (Å²) in [6.07, 6.45) is 2.42. The maximum atomic E-state index is 12.2. The summed E-state index contributed by atoms with van der Waals surface area (Å²) < 4.78 is 2.18. The van der Waals surface area contributed by atoms with E-state index < -0.39 is 0 Å². The number of carbonyl (C=O) groups is 1. The molecule has 1 fully saturated rings. The van der Waals surface area contributed by atoms with E-state index in [1.807, 2.05) is 13.0 Å². The van der Waals surface area contributed by atoms with Gasteiger partial charge in [-0.1, -0.05) is 0 Å². The van der Waals surface area contributed by atoms with Gasteiger partial charge in [-0.3, -0.25) is 4.79 Å². The molecule has 0 bridgehead atoms. The third kappa shape index (κ3) is 3.76. The number of nitrogens with zero attached hydrogens (tertiary/aromatic N) is 1. The highest BCUT2D eigenvalue weighted by Crippen LogP contribution is 2.15. The third-order valence-corrected chi connectivity index (χ3v) is 4.08. The number of nitrogens with one attached hydrogen (secondary N) is 2. The molecule has 2 rings (SSSR count). The van der Waals surface area contributed by atoms with Crippen LogP contribution in [0.15, 0.2) is 6.07 Å². The third-order valence-electron chi connectivity index (χ3n) is 4.08. The van der Waals surface area contributed by atoms with Gasteiger partial charge in [0.2, 0.25) is 0 Å². The Labute approximate surface area is 127 Å². The lowest BCUT2D eigenvalue weighted by atomic mass is 10.00. The molecule has 1 amide bonds. The zero-order valence-corrected chi connectivity index (χ0v) is 13.5. The lowest BCUT2D eigenvalue weighted by Gasteiger charge is -2.22. The molecule has 2 heterocycles. The molecule has 0 aromatic carbocycles. The van der Waals surface area contributed by atoms with Crippen molar-refractivity contribution in [2.75, 3.05) is 19.6 Å². The molecule has 5 heteroatoms. The highest BCUT2D eigenvalue weighted by molar-refractivity contribution is 5.95. The van der Waals surface area contributed by atoms with Gasteiger partial charge in [-0.15, -0.1) is 12.4 Å². The highest BCUT2D eigenvalue weighted by Gasteiger charge is 2.17. The van der Waals surface area contributed by atoms with Crippen LogP contribution >= 0.6 is 12.4 Å². The first-order chi connectivity index (χ1) is 9.13. The van der Waals surface area contributed by atoms with Crippen LogP contribution < -0.4 is 10.6 Å². The van der Waals surface area contributed by atoms with Gasteiger partial charge in [0.05, 0.1) is 5.56 Å². The molecule has 1 saturated heterocycles. The second kappa shape index (κ2) is 7.70. The van der Waals surface area contributed by atoms with Crippen molar-refractivity contribution in [3.63, 3.8) is 0 Å². The maximum Gasteiger partial charge on any atom is 0.253 e. The molecule has 1 atom stereocenters. The Morgan fingerprint density at radius 3 is 2.80 bits per heavy atom. The van der Waals surface area contributed by atoms with Crippen molar-refractivity contribution in [1.82, 2.24) is 15.2 Å². The Morgan fingerprint density at radius 1 is 1.50 bits per heavy atom. The van der Waals surface area contributed by atoms with E-state index in [-0.39, 0.29) is 18.3 Å². The summed E-state index contributed by atoms with van der Waals surface area (Å²) in [5.41, 5.74) is 3.05. The summed E-state index contributed by atoms with van der Waals surface area (Å²) in [5, 5.41) is 6.46. The molecule has 1 unspecified atom stereocenters. The first-order valence-corrected chi connectivity index (χ1v) is 7.29. The predicted octanol–water partition coefficient (Wildman–Crippen LogP) is 2.28. The zero-order valence-electron chi connectivity index (χ0n) is 12.7. The van der Waals surface area contributed by atoms with Crippen molar-refractivity contribution in [2.24, 2.45) is 5.92 Å². The minimum atomic E-state index is 0. The molecule has 0 radical (unpaired) electrons. The summed E-state index contributed by atoms with van der Waals surface area (Å²) in [7, 11) is 0. The largest absolute Gasteiger partial charge is 0.352 e. The van der Waals surface area contributed by atoms with Crippen LogP contribution in [0.2, 0.25) is 0 Å². The number of rotatable bonds is 4. The van der Waals surface area contributed by atoms with Gasteiger partial charge in [0, 0.05) is 24.5 Å². The van der Waals surface area contributed by atoms with E-state index in [0.29, 0.717) is 5.92 Å². The fraction of sp³-hybridized carbons (Fsp3) is 0.667. The molecule has 0 spiro atoms. The number of hydrogen-bond acceptors (Lipinski definition) is 2. The van der Waals surface area contributed by atoms with Crippen LogP contribution in [0.4, 0.5) is 0 Å². The van der Waals surface area contributed by atoms with E-state index in [0.717, 1.165) is 43.1 Å². The zero-order chi connectivity index (χ0) is 13.8. The second-order valence-electron chi connectivity index (χ2n) is 5.45. The highest BCUT2D eigenvalue weighted by atomic mass is 35.5. The molecule has 1 aliphatic rings. The molecule has 114 valence electrons. The van der Waals surface area contributed by atoms with Gasteiger partial charge in [0.15, 0.2) is 0 Å². The van der Waals surface area contributed by atoms with Crippen molar-refractivity contribution < 1.29 is 4.79 Å². The van der Waals surface area contributed by atoms with Crippen molar-refractivity contribution in [2.45, 2.75) is 40.2 Å². The number of hydrogen-bond donors (Lipinski definition) is 2. The Kier molecular flexibility index (Phi) is 6.56. The summed E-state index contributed by atoms with van der Waals surface area (Å²) in [5.74, 6) is 0.644. The van der Waals surface area contributed by atoms with Crippen LogP contribution in [-0.2, 0) is 6.54 Å². The number of halogens is 1. The normalized spacial score (nSPS) is 18.4. The average molecular weight is 300 g/mol. The standard InChI is InChI=1S/C15H25N3O.ClH/c1-4-18-11(2)8-14(12(18)3)15(19)17-10-13-6-5-7-16-9-13;/h8,13,16H,4-7,9-10H2,1-3H3,(H,17,19);1H. The van der Waals surface area contributed by atoms with Gasteiger partial charge in [-0.05, 0) is 58.7 Å². The van der Waals surface area contributed by atoms with Crippen molar-refractivity contribution in [3.8, 4) is 0 Å². The number of amides is 1. The van der Waals surface area contributed by atoms with Gasteiger partial charge in [-0.2, -0.15) is 0 Å². The fourth-order valence-electron chi connectivity index (χ4n) is 2.95. The Bertz CT molecular complexity index is 450. The predicted molar refractivity (Wildman–Crippen MR) is 84.8 cm³/mol. The van der Waals surface area contributed by atoms with Crippen LogP contribution in [0.5, 0.6) is 0 Å². The lowest BCUT2D eigenvalue weighted by Crippen LogP contribution is -2.38. The monoisotopic (exact) mass is 299 g/mol. The Hall–Kier alpha value is -1.00. The smallest absolute Gasteiger partial charge is 0.253 e. The number of piperidine rings is 1. The molecular weight excluding hydrogens is 274 g/mol. The van der Waals surface area contributed by atoms with E-state index in [2.05, 4.69) is 29.0 Å². The summed E-state index contributed by atoms with van der Waals surface area (Å²) >= 11 is 0. The van der Waals surface area contributed by atoms with Crippen LogP contribution in [0.1, 0.15) is 41.5 Å².